The van der Waals surface area contributed by atoms with Crippen LogP contribution in [-0.2, 0) is 0 Å². The van der Waals surface area contributed by atoms with Gasteiger partial charge in [-0.1, -0.05) is 30.1 Å². The van der Waals surface area contributed by atoms with E-state index in [1.807, 2.05) is 4.90 Å². The second-order valence-corrected chi connectivity index (χ2v) is 6.94. The van der Waals surface area contributed by atoms with E-state index in [0.717, 1.165) is 25.8 Å². The Labute approximate surface area is 157 Å². The Morgan fingerprint density at radius 1 is 1.28 bits per heavy atom. The number of likely N-dealkylation sites (tertiary alicyclic amines) is 1. The number of piperidine rings is 1. The number of nitrogens with one attached hydrogen (secondary N) is 1. The third-order valence-electron chi connectivity index (χ3n) is 4.42. The average molecular weight is 379 g/mol. The van der Waals surface area contributed by atoms with Gasteiger partial charge in [0, 0.05) is 17.6 Å². The fourth-order valence-electron chi connectivity index (χ4n) is 3.07. The number of hydrogen-bond donors (Lipinski definition) is 1. The number of amides is 1. The maximum absolute atomic E-state index is 12.7. The standard InChI is InChI=1S/C18H20Cl2N4O/c1-2-13-5-3-4-8-24(13)18(25)16-10-22-17(11-21-16)23-15-7-6-12(19)9-14(15)20/h6-7,9-11,13H,2-5,8H2,1H3,(H,22,23). The van der Waals surface area contributed by atoms with Crippen LogP contribution in [0.15, 0.2) is 30.6 Å². The molecule has 1 aromatic carbocycles. The highest BCUT2D eigenvalue weighted by atomic mass is 35.5. The lowest BCUT2D eigenvalue weighted by molar-refractivity contribution is 0.0601. The van der Waals surface area contributed by atoms with Crippen LogP contribution in [0.25, 0.3) is 0 Å². The summed E-state index contributed by atoms with van der Waals surface area (Å²) >= 11 is 12.0. The minimum atomic E-state index is -0.0462. The zero-order valence-electron chi connectivity index (χ0n) is 14.0. The highest BCUT2D eigenvalue weighted by molar-refractivity contribution is 6.36. The van der Waals surface area contributed by atoms with Crippen molar-refractivity contribution in [1.82, 2.24) is 14.9 Å². The molecular weight excluding hydrogens is 359 g/mol. The molecule has 1 atom stereocenters. The number of hydrogen-bond acceptors (Lipinski definition) is 4. The van der Waals surface area contributed by atoms with E-state index in [0.29, 0.717) is 33.3 Å². The van der Waals surface area contributed by atoms with E-state index in [9.17, 15) is 4.79 Å². The fraction of sp³-hybridized carbons (Fsp3) is 0.389. The third kappa shape index (κ3) is 4.22. The summed E-state index contributed by atoms with van der Waals surface area (Å²) in [5, 5.41) is 4.13. The minimum absolute atomic E-state index is 0.0462. The molecule has 132 valence electrons. The highest BCUT2D eigenvalue weighted by Crippen LogP contribution is 2.27. The molecule has 1 aromatic heterocycles. The van der Waals surface area contributed by atoms with Gasteiger partial charge in [0.1, 0.15) is 11.5 Å². The fourth-order valence-corrected chi connectivity index (χ4v) is 3.53. The molecular formula is C18H20Cl2N4O. The second-order valence-electron chi connectivity index (χ2n) is 6.09. The number of carbonyl (C=O) groups is 1. The Balaban J connectivity index is 1.72. The van der Waals surface area contributed by atoms with Crippen LogP contribution in [0.1, 0.15) is 43.1 Å². The predicted octanol–water partition coefficient (Wildman–Crippen LogP) is 4.93. The monoisotopic (exact) mass is 378 g/mol. The van der Waals surface area contributed by atoms with Crippen molar-refractivity contribution in [2.24, 2.45) is 0 Å². The summed E-state index contributed by atoms with van der Waals surface area (Å²) in [4.78, 5) is 23.2. The largest absolute Gasteiger partial charge is 0.338 e. The first kappa shape index (κ1) is 18.0. The molecule has 1 saturated heterocycles. The van der Waals surface area contributed by atoms with Crippen LogP contribution in [0.3, 0.4) is 0 Å². The number of halogens is 2. The molecule has 0 saturated carbocycles. The molecule has 25 heavy (non-hydrogen) atoms. The third-order valence-corrected chi connectivity index (χ3v) is 4.97. The molecule has 1 N–H and O–H groups in total. The molecule has 0 aliphatic carbocycles. The zero-order chi connectivity index (χ0) is 17.8. The maximum Gasteiger partial charge on any atom is 0.274 e. The Morgan fingerprint density at radius 3 is 2.80 bits per heavy atom. The van der Waals surface area contributed by atoms with E-state index in [4.69, 9.17) is 23.2 Å². The van der Waals surface area contributed by atoms with Crippen molar-refractivity contribution in [3.63, 3.8) is 0 Å². The lowest BCUT2D eigenvalue weighted by atomic mass is 10.00. The summed E-state index contributed by atoms with van der Waals surface area (Å²) in [6, 6.07) is 5.46. The van der Waals surface area contributed by atoms with Crippen molar-refractivity contribution in [3.05, 3.63) is 46.3 Å². The van der Waals surface area contributed by atoms with Crippen LogP contribution in [0.5, 0.6) is 0 Å². The summed E-state index contributed by atoms with van der Waals surface area (Å²) in [6.45, 7) is 2.91. The smallest absolute Gasteiger partial charge is 0.274 e. The molecule has 0 spiro atoms. The van der Waals surface area contributed by atoms with Gasteiger partial charge in [-0.05, 0) is 43.9 Å². The summed E-state index contributed by atoms with van der Waals surface area (Å²) in [6.07, 6.45) is 7.31. The van der Waals surface area contributed by atoms with E-state index >= 15 is 0 Å². The van der Waals surface area contributed by atoms with E-state index in [2.05, 4.69) is 22.2 Å². The lowest BCUT2D eigenvalue weighted by Gasteiger charge is -2.34. The first-order valence-corrected chi connectivity index (χ1v) is 9.19. The van der Waals surface area contributed by atoms with Crippen molar-refractivity contribution < 1.29 is 4.79 Å². The molecule has 5 nitrogen and oxygen atoms in total. The van der Waals surface area contributed by atoms with Crippen molar-refractivity contribution >= 4 is 40.6 Å². The lowest BCUT2D eigenvalue weighted by Crippen LogP contribution is -2.43. The number of anilines is 2. The molecule has 1 amide bonds. The molecule has 1 fully saturated rings. The first-order valence-electron chi connectivity index (χ1n) is 8.43. The normalized spacial score (nSPS) is 17.4. The van der Waals surface area contributed by atoms with E-state index in [1.54, 1.807) is 24.4 Å². The van der Waals surface area contributed by atoms with Gasteiger partial charge in [0.2, 0.25) is 0 Å². The molecule has 3 rings (SSSR count). The van der Waals surface area contributed by atoms with Gasteiger partial charge < -0.3 is 10.2 Å². The molecule has 2 aromatic rings. The van der Waals surface area contributed by atoms with Crippen molar-refractivity contribution in [2.75, 3.05) is 11.9 Å². The molecule has 0 radical (unpaired) electrons. The number of aromatic nitrogens is 2. The van der Waals surface area contributed by atoms with Crippen molar-refractivity contribution in [3.8, 4) is 0 Å². The SMILES string of the molecule is CCC1CCCCN1C(=O)c1cnc(Nc2ccc(Cl)cc2Cl)cn1. The van der Waals surface area contributed by atoms with Crippen LogP contribution < -0.4 is 5.32 Å². The molecule has 1 aliphatic heterocycles. The molecule has 1 unspecified atom stereocenters. The summed E-state index contributed by atoms with van der Waals surface area (Å²) < 4.78 is 0. The van der Waals surface area contributed by atoms with Gasteiger partial charge in [0.15, 0.2) is 0 Å². The Kier molecular flexibility index (Phi) is 5.76. The van der Waals surface area contributed by atoms with Crippen LogP contribution in [0, 0.1) is 0 Å². The van der Waals surface area contributed by atoms with E-state index in [-0.39, 0.29) is 5.91 Å². The Hall–Kier alpha value is -1.85. The highest BCUT2D eigenvalue weighted by Gasteiger charge is 2.27. The predicted molar refractivity (Wildman–Crippen MR) is 101 cm³/mol. The van der Waals surface area contributed by atoms with Gasteiger partial charge in [-0.25, -0.2) is 9.97 Å². The van der Waals surface area contributed by atoms with Gasteiger partial charge in [-0.3, -0.25) is 4.79 Å². The molecule has 7 heteroatoms. The summed E-state index contributed by atoms with van der Waals surface area (Å²) in [5.41, 5.74) is 1.05. The van der Waals surface area contributed by atoms with Crippen LogP contribution in [0.4, 0.5) is 11.5 Å². The Morgan fingerprint density at radius 2 is 2.12 bits per heavy atom. The molecule has 0 bridgehead atoms. The van der Waals surface area contributed by atoms with Gasteiger partial charge in [0.25, 0.3) is 5.91 Å². The summed E-state index contributed by atoms with van der Waals surface area (Å²) in [7, 11) is 0. The minimum Gasteiger partial charge on any atom is -0.338 e. The number of carbonyl (C=O) groups excluding carboxylic acids is 1. The molecule has 1 aliphatic rings. The Bertz CT molecular complexity index is 751. The average Bonchev–Trinajstić information content (AvgIpc) is 2.64. The van der Waals surface area contributed by atoms with Crippen molar-refractivity contribution in [1.29, 1.82) is 0 Å². The number of nitrogens with zero attached hydrogens (tertiary/aromatic N) is 3. The summed E-state index contributed by atoms with van der Waals surface area (Å²) in [5.74, 6) is 0.474. The van der Waals surface area contributed by atoms with Gasteiger partial charge in [0.05, 0.1) is 23.1 Å². The van der Waals surface area contributed by atoms with Gasteiger partial charge >= 0.3 is 0 Å². The number of benzene rings is 1. The van der Waals surface area contributed by atoms with E-state index < -0.39 is 0 Å². The van der Waals surface area contributed by atoms with Gasteiger partial charge in [-0.15, -0.1) is 0 Å². The quantitative estimate of drug-likeness (QED) is 0.818. The van der Waals surface area contributed by atoms with E-state index in [1.165, 1.54) is 12.6 Å². The van der Waals surface area contributed by atoms with Crippen LogP contribution in [-0.4, -0.2) is 33.4 Å². The topological polar surface area (TPSA) is 58.1 Å². The number of rotatable bonds is 4. The maximum atomic E-state index is 12.7. The van der Waals surface area contributed by atoms with Crippen LogP contribution >= 0.6 is 23.2 Å². The molecule has 2 heterocycles. The second kappa shape index (κ2) is 8.02. The van der Waals surface area contributed by atoms with Crippen molar-refractivity contribution in [2.45, 2.75) is 38.6 Å². The van der Waals surface area contributed by atoms with Gasteiger partial charge in [-0.2, -0.15) is 0 Å². The first-order chi connectivity index (χ1) is 12.1. The zero-order valence-corrected chi connectivity index (χ0v) is 15.5. The van der Waals surface area contributed by atoms with Crippen LogP contribution in [0.2, 0.25) is 10.0 Å².